The smallest absolute Gasteiger partial charge is 0.105 e. The molecule has 3 N–H and O–H groups in total. The van der Waals surface area contributed by atoms with Gasteiger partial charge < -0.3 is 11.1 Å². The van der Waals surface area contributed by atoms with Crippen LogP contribution in [0.3, 0.4) is 0 Å². The SMILES string of the molecule is NC(=S)c1ccc(Nc2ccc(Cl)cc2I)cc1Cl. The normalized spacial score (nSPS) is 10.3. The predicted molar refractivity (Wildman–Crippen MR) is 94.8 cm³/mol. The average Bonchev–Trinajstić information content (AvgIpc) is 2.32. The molecule has 2 aromatic rings. The Labute approximate surface area is 140 Å². The molecule has 0 heterocycles. The van der Waals surface area contributed by atoms with Gasteiger partial charge in [-0.25, -0.2) is 0 Å². The summed E-state index contributed by atoms with van der Waals surface area (Å²) in [5, 5.41) is 4.51. The minimum atomic E-state index is 0.289. The van der Waals surface area contributed by atoms with Crippen molar-refractivity contribution in [2.45, 2.75) is 0 Å². The van der Waals surface area contributed by atoms with E-state index in [2.05, 4.69) is 27.9 Å². The summed E-state index contributed by atoms with van der Waals surface area (Å²) in [5.74, 6) is 0. The van der Waals surface area contributed by atoms with Crippen molar-refractivity contribution in [2.24, 2.45) is 5.73 Å². The fraction of sp³-hybridized carbons (Fsp3) is 0. The molecule has 0 saturated carbocycles. The number of rotatable bonds is 3. The lowest BCUT2D eigenvalue weighted by Gasteiger charge is -2.10. The summed E-state index contributed by atoms with van der Waals surface area (Å²) in [6, 6.07) is 11.1. The Balaban J connectivity index is 2.29. The van der Waals surface area contributed by atoms with E-state index in [1.54, 1.807) is 12.1 Å². The first kappa shape index (κ1) is 14.8. The maximum absolute atomic E-state index is 6.13. The van der Waals surface area contributed by atoms with Crippen molar-refractivity contribution in [3.05, 3.63) is 55.6 Å². The number of halogens is 3. The van der Waals surface area contributed by atoms with Crippen LogP contribution in [0.2, 0.25) is 10.0 Å². The van der Waals surface area contributed by atoms with E-state index in [1.165, 1.54) is 0 Å². The Morgan fingerprint density at radius 3 is 2.47 bits per heavy atom. The van der Waals surface area contributed by atoms with E-state index >= 15 is 0 Å². The highest BCUT2D eigenvalue weighted by atomic mass is 127. The van der Waals surface area contributed by atoms with Gasteiger partial charge in [0.2, 0.25) is 0 Å². The summed E-state index contributed by atoms with van der Waals surface area (Å²) in [7, 11) is 0. The highest BCUT2D eigenvalue weighted by molar-refractivity contribution is 14.1. The first-order valence-corrected chi connectivity index (χ1v) is 7.53. The van der Waals surface area contributed by atoms with Gasteiger partial charge in [-0.2, -0.15) is 0 Å². The second kappa shape index (κ2) is 6.26. The van der Waals surface area contributed by atoms with Crippen molar-refractivity contribution in [1.82, 2.24) is 0 Å². The van der Waals surface area contributed by atoms with E-state index in [-0.39, 0.29) is 4.99 Å². The molecule has 6 heteroatoms. The first-order chi connectivity index (χ1) is 8.97. The molecular weight excluding hydrogens is 414 g/mol. The van der Waals surface area contributed by atoms with Crippen LogP contribution in [0.1, 0.15) is 5.56 Å². The van der Waals surface area contributed by atoms with Crippen molar-refractivity contribution in [2.75, 3.05) is 5.32 Å². The molecule has 0 aliphatic heterocycles. The summed E-state index contributed by atoms with van der Waals surface area (Å²) in [4.78, 5) is 0.289. The van der Waals surface area contributed by atoms with Gasteiger partial charge in [-0.1, -0.05) is 35.4 Å². The maximum Gasteiger partial charge on any atom is 0.105 e. The highest BCUT2D eigenvalue weighted by Gasteiger charge is 2.06. The zero-order chi connectivity index (χ0) is 14.0. The van der Waals surface area contributed by atoms with E-state index in [0.717, 1.165) is 14.9 Å². The van der Waals surface area contributed by atoms with Crippen LogP contribution in [-0.2, 0) is 0 Å². The number of anilines is 2. The van der Waals surface area contributed by atoms with E-state index in [9.17, 15) is 0 Å². The molecule has 98 valence electrons. The summed E-state index contributed by atoms with van der Waals surface area (Å²) in [6.07, 6.45) is 0. The molecular formula is C13H9Cl2IN2S. The van der Waals surface area contributed by atoms with Gasteiger partial charge in [0.1, 0.15) is 4.99 Å². The summed E-state index contributed by atoms with van der Waals surface area (Å²) >= 11 is 19.2. The third kappa shape index (κ3) is 3.72. The van der Waals surface area contributed by atoms with Crippen LogP contribution < -0.4 is 11.1 Å². The highest BCUT2D eigenvalue weighted by Crippen LogP contribution is 2.28. The molecule has 19 heavy (non-hydrogen) atoms. The minimum Gasteiger partial charge on any atom is -0.389 e. The van der Waals surface area contributed by atoms with Crippen LogP contribution >= 0.6 is 58.0 Å². The van der Waals surface area contributed by atoms with Crippen LogP contribution in [-0.4, -0.2) is 4.99 Å². The summed E-state index contributed by atoms with van der Waals surface area (Å²) in [6.45, 7) is 0. The van der Waals surface area contributed by atoms with Crippen molar-refractivity contribution in [3.63, 3.8) is 0 Å². The van der Waals surface area contributed by atoms with Crippen LogP contribution in [0.5, 0.6) is 0 Å². The molecule has 0 aliphatic rings. The standard InChI is InChI=1S/C13H9Cl2IN2S/c14-7-1-4-12(11(16)5-7)18-8-2-3-9(13(17)19)10(15)6-8/h1-6,18H,(H2,17,19). The Morgan fingerprint density at radius 2 is 1.89 bits per heavy atom. The van der Waals surface area contributed by atoms with E-state index in [4.69, 9.17) is 41.2 Å². The fourth-order valence-corrected chi connectivity index (χ4v) is 3.06. The molecule has 0 aromatic heterocycles. The molecule has 0 bridgehead atoms. The Morgan fingerprint density at radius 1 is 1.16 bits per heavy atom. The average molecular weight is 423 g/mol. The van der Waals surface area contributed by atoms with Gasteiger partial charge in [-0.15, -0.1) is 0 Å². The largest absolute Gasteiger partial charge is 0.389 e. The molecule has 0 spiro atoms. The van der Waals surface area contributed by atoms with Crippen LogP contribution in [0, 0.1) is 3.57 Å². The monoisotopic (exact) mass is 422 g/mol. The van der Waals surface area contributed by atoms with Crippen LogP contribution in [0.25, 0.3) is 0 Å². The lowest BCUT2D eigenvalue weighted by Crippen LogP contribution is -2.10. The number of nitrogens with one attached hydrogen (secondary N) is 1. The summed E-state index contributed by atoms with van der Waals surface area (Å²) in [5.41, 5.74) is 8.07. The topological polar surface area (TPSA) is 38.0 Å². The molecule has 0 fully saturated rings. The molecule has 2 rings (SSSR count). The van der Waals surface area contributed by atoms with Crippen molar-refractivity contribution in [1.29, 1.82) is 0 Å². The van der Waals surface area contributed by atoms with Gasteiger partial charge >= 0.3 is 0 Å². The van der Waals surface area contributed by atoms with E-state index in [0.29, 0.717) is 15.6 Å². The lowest BCUT2D eigenvalue weighted by atomic mass is 10.2. The quantitative estimate of drug-likeness (QED) is 0.541. The molecule has 0 saturated heterocycles. The predicted octanol–water partition coefficient (Wildman–Crippen LogP) is 4.98. The molecule has 0 aliphatic carbocycles. The zero-order valence-corrected chi connectivity index (χ0v) is 14.1. The van der Waals surface area contributed by atoms with Gasteiger partial charge in [0.25, 0.3) is 0 Å². The van der Waals surface area contributed by atoms with Crippen molar-refractivity contribution < 1.29 is 0 Å². The van der Waals surface area contributed by atoms with Gasteiger partial charge in [0.05, 0.1) is 10.7 Å². The second-order valence-electron chi connectivity index (χ2n) is 3.81. The van der Waals surface area contributed by atoms with Gasteiger partial charge in [-0.3, -0.25) is 0 Å². The lowest BCUT2D eigenvalue weighted by molar-refractivity contribution is 1.51. The third-order valence-electron chi connectivity index (χ3n) is 2.44. The van der Waals surface area contributed by atoms with Crippen molar-refractivity contribution in [3.8, 4) is 0 Å². The number of hydrogen-bond acceptors (Lipinski definition) is 2. The third-order valence-corrected chi connectivity index (χ3v) is 4.10. The van der Waals surface area contributed by atoms with Crippen molar-refractivity contribution >= 4 is 74.4 Å². The number of thiocarbonyl (C=S) groups is 1. The Kier molecular flexibility index (Phi) is 4.89. The summed E-state index contributed by atoms with van der Waals surface area (Å²) < 4.78 is 1.03. The Hall–Kier alpha value is -0.560. The van der Waals surface area contributed by atoms with Crippen LogP contribution in [0.4, 0.5) is 11.4 Å². The molecule has 2 nitrogen and oxygen atoms in total. The molecule has 0 unspecified atom stereocenters. The minimum absolute atomic E-state index is 0.289. The Bertz CT molecular complexity index is 647. The molecule has 0 amide bonds. The number of hydrogen-bond donors (Lipinski definition) is 2. The van der Waals surface area contributed by atoms with Crippen LogP contribution in [0.15, 0.2) is 36.4 Å². The molecule has 2 aromatic carbocycles. The molecule has 0 atom stereocenters. The zero-order valence-electron chi connectivity index (χ0n) is 9.58. The first-order valence-electron chi connectivity index (χ1n) is 5.29. The second-order valence-corrected chi connectivity index (χ2v) is 6.25. The van der Waals surface area contributed by atoms with Gasteiger partial charge in [-0.05, 0) is 59.0 Å². The molecule has 0 radical (unpaired) electrons. The van der Waals surface area contributed by atoms with E-state index in [1.807, 2.05) is 24.3 Å². The van der Waals surface area contributed by atoms with Gasteiger partial charge in [0, 0.05) is 19.8 Å². The van der Waals surface area contributed by atoms with Gasteiger partial charge in [0.15, 0.2) is 0 Å². The fourth-order valence-electron chi connectivity index (χ4n) is 1.54. The number of nitrogens with two attached hydrogens (primary N) is 1. The van der Waals surface area contributed by atoms with E-state index < -0.39 is 0 Å². The maximum atomic E-state index is 6.13. The number of benzene rings is 2.